The van der Waals surface area contributed by atoms with E-state index in [1.807, 2.05) is 24.6 Å². The van der Waals surface area contributed by atoms with Gasteiger partial charge < -0.3 is 10.0 Å². The van der Waals surface area contributed by atoms with Crippen LogP contribution in [-0.4, -0.2) is 49.7 Å². The molecule has 7 heteroatoms. The average molecular weight is 399 g/mol. The van der Waals surface area contributed by atoms with Crippen LogP contribution >= 0.6 is 0 Å². The fourth-order valence-corrected chi connectivity index (χ4v) is 4.40. The highest BCUT2D eigenvalue weighted by Crippen LogP contribution is 2.41. The Morgan fingerprint density at radius 1 is 1.21 bits per heavy atom. The summed E-state index contributed by atoms with van der Waals surface area (Å²) in [5.41, 5.74) is 2.85. The average Bonchev–Trinajstić information content (AvgIpc) is 3.43. The van der Waals surface area contributed by atoms with E-state index in [1.165, 1.54) is 0 Å². The van der Waals surface area contributed by atoms with Crippen molar-refractivity contribution in [3.63, 3.8) is 0 Å². The lowest BCUT2D eigenvalue weighted by molar-refractivity contribution is -0.143. The van der Waals surface area contributed by atoms with Crippen LogP contribution in [0, 0.1) is 18.8 Å². The van der Waals surface area contributed by atoms with Gasteiger partial charge in [-0.2, -0.15) is 5.10 Å². The molecule has 0 aromatic carbocycles. The Bertz CT molecular complexity index is 984. The number of aryl methyl sites for hydroxylation is 1. The van der Waals surface area contributed by atoms with Crippen molar-refractivity contribution in [2.75, 3.05) is 13.1 Å². The maximum Gasteiger partial charge on any atom is 0.308 e. The van der Waals surface area contributed by atoms with Crippen molar-refractivity contribution >= 4 is 22.9 Å². The predicted molar refractivity (Wildman–Crippen MR) is 110 cm³/mol. The summed E-state index contributed by atoms with van der Waals surface area (Å²) in [6, 6.07) is 1.93. The number of aliphatic carboxylic acids is 1. The van der Waals surface area contributed by atoms with Gasteiger partial charge in [0.15, 0.2) is 5.65 Å². The number of hydrogen-bond acceptors (Lipinski definition) is 4. The lowest BCUT2D eigenvalue weighted by atomic mass is 9.90. The molecule has 0 bridgehead atoms. The number of carbonyl (C=O) groups is 2. The molecule has 156 valence electrons. The third-order valence-corrected chi connectivity index (χ3v) is 5.99. The Hall–Kier alpha value is -2.44. The van der Waals surface area contributed by atoms with Crippen molar-refractivity contribution in [3.05, 3.63) is 23.0 Å². The van der Waals surface area contributed by atoms with Crippen LogP contribution < -0.4 is 0 Å². The zero-order valence-electron chi connectivity index (χ0n) is 17.9. The number of pyridine rings is 1. The normalized spacial score (nSPS) is 22.9. The summed E-state index contributed by atoms with van der Waals surface area (Å²) in [7, 11) is 0. The first-order valence-electron chi connectivity index (χ1n) is 10.5. The summed E-state index contributed by atoms with van der Waals surface area (Å²) in [5.74, 6) is -0.881. The van der Waals surface area contributed by atoms with Crippen molar-refractivity contribution in [2.24, 2.45) is 11.8 Å². The van der Waals surface area contributed by atoms with Gasteiger partial charge >= 0.3 is 5.97 Å². The number of carboxylic acid groups (broad SMARTS) is 1. The van der Waals surface area contributed by atoms with Crippen molar-refractivity contribution < 1.29 is 14.7 Å². The van der Waals surface area contributed by atoms with Crippen LogP contribution in [-0.2, 0) is 10.3 Å². The van der Waals surface area contributed by atoms with Gasteiger partial charge in [0.25, 0.3) is 5.91 Å². The molecule has 7 nitrogen and oxygen atoms in total. The monoisotopic (exact) mass is 398 g/mol. The molecule has 2 atom stereocenters. The molecular formula is C22H30N4O3. The molecule has 1 aliphatic carbocycles. The number of rotatable bonds is 3. The van der Waals surface area contributed by atoms with Gasteiger partial charge in [0.05, 0.1) is 28.1 Å². The number of piperidine rings is 1. The quantitative estimate of drug-likeness (QED) is 0.854. The Balaban J connectivity index is 1.83. The molecule has 29 heavy (non-hydrogen) atoms. The van der Waals surface area contributed by atoms with E-state index in [0.29, 0.717) is 24.4 Å². The lowest BCUT2D eigenvalue weighted by Gasteiger charge is -2.35. The summed E-state index contributed by atoms with van der Waals surface area (Å²) < 4.78 is 1.92. The molecule has 0 spiro atoms. The predicted octanol–water partition coefficient (Wildman–Crippen LogP) is 3.55. The molecule has 2 aromatic rings. The number of carboxylic acids is 1. The topological polar surface area (TPSA) is 88.3 Å². The number of likely N-dealkylation sites (tertiary alicyclic amines) is 1. The second-order valence-electron chi connectivity index (χ2n) is 9.82. The third kappa shape index (κ3) is 3.63. The first-order valence-corrected chi connectivity index (χ1v) is 10.5. The molecule has 2 unspecified atom stereocenters. The van der Waals surface area contributed by atoms with Gasteiger partial charge in [0.2, 0.25) is 0 Å². The SMILES string of the molecule is Cc1nn(C(C)(C)C)c2nc(C3CC3)cc(C(=O)N3CC(C)CC(C(=O)O)C3)c12. The van der Waals surface area contributed by atoms with Gasteiger partial charge in [-0.25, -0.2) is 9.67 Å². The van der Waals surface area contributed by atoms with Crippen LogP contribution in [0.3, 0.4) is 0 Å². The van der Waals surface area contributed by atoms with E-state index in [-0.39, 0.29) is 23.9 Å². The fraction of sp³-hybridized carbons (Fsp3) is 0.636. The maximum atomic E-state index is 13.6. The molecule has 1 N–H and O–H groups in total. The second kappa shape index (κ2) is 6.82. The zero-order valence-corrected chi connectivity index (χ0v) is 17.9. The van der Waals surface area contributed by atoms with Gasteiger partial charge in [-0.05, 0) is 58.9 Å². The molecule has 2 fully saturated rings. The second-order valence-corrected chi connectivity index (χ2v) is 9.82. The number of fused-ring (bicyclic) bond motifs is 1. The maximum absolute atomic E-state index is 13.6. The minimum atomic E-state index is -0.829. The highest BCUT2D eigenvalue weighted by atomic mass is 16.4. The first kappa shape index (κ1) is 19.9. The highest BCUT2D eigenvalue weighted by molar-refractivity contribution is 6.06. The lowest BCUT2D eigenvalue weighted by Crippen LogP contribution is -2.45. The zero-order chi connectivity index (χ0) is 21.1. The minimum absolute atomic E-state index is 0.103. The standard InChI is InChI=1S/C22H30N4O3/c1-12-8-15(21(28)29)11-25(10-12)20(27)16-9-17(14-6-7-14)23-19-18(16)13(2)24-26(19)22(3,4)5/h9,12,14-15H,6-8,10-11H2,1-5H3,(H,28,29). The Morgan fingerprint density at radius 3 is 2.48 bits per heavy atom. The molecule has 1 saturated carbocycles. The number of hydrogen-bond donors (Lipinski definition) is 1. The van der Waals surface area contributed by atoms with Gasteiger partial charge in [-0.15, -0.1) is 0 Å². The van der Waals surface area contributed by atoms with E-state index in [2.05, 4.69) is 20.8 Å². The molecule has 1 amide bonds. The van der Waals surface area contributed by atoms with Crippen molar-refractivity contribution in [3.8, 4) is 0 Å². The van der Waals surface area contributed by atoms with E-state index in [4.69, 9.17) is 10.1 Å². The van der Waals surface area contributed by atoms with Crippen LogP contribution in [0.4, 0.5) is 0 Å². The van der Waals surface area contributed by atoms with Gasteiger partial charge in [-0.3, -0.25) is 9.59 Å². The Labute approximate surface area is 171 Å². The number of nitrogens with zero attached hydrogens (tertiary/aromatic N) is 4. The first-order chi connectivity index (χ1) is 13.6. The molecule has 2 aromatic heterocycles. The molecule has 3 heterocycles. The smallest absolute Gasteiger partial charge is 0.308 e. The van der Waals surface area contributed by atoms with Crippen molar-refractivity contribution in [2.45, 2.75) is 65.3 Å². The molecule has 4 rings (SSSR count). The van der Waals surface area contributed by atoms with E-state index >= 15 is 0 Å². The summed E-state index contributed by atoms with van der Waals surface area (Å²) in [6.45, 7) is 11.0. The van der Waals surface area contributed by atoms with Crippen LogP contribution in [0.15, 0.2) is 6.07 Å². The number of aromatic nitrogens is 3. The molecule has 1 saturated heterocycles. The summed E-state index contributed by atoms with van der Waals surface area (Å²) in [5, 5.41) is 15.0. The van der Waals surface area contributed by atoms with E-state index in [1.54, 1.807) is 4.90 Å². The molecule has 2 aliphatic rings. The van der Waals surface area contributed by atoms with Crippen LogP contribution in [0.2, 0.25) is 0 Å². The Morgan fingerprint density at radius 2 is 1.90 bits per heavy atom. The fourth-order valence-electron chi connectivity index (χ4n) is 4.40. The Kier molecular flexibility index (Phi) is 4.67. The van der Waals surface area contributed by atoms with Crippen LogP contribution in [0.5, 0.6) is 0 Å². The van der Waals surface area contributed by atoms with Crippen molar-refractivity contribution in [1.82, 2.24) is 19.7 Å². The number of carbonyl (C=O) groups excluding carboxylic acids is 1. The highest BCUT2D eigenvalue weighted by Gasteiger charge is 2.35. The van der Waals surface area contributed by atoms with E-state index < -0.39 is 11.9 Å². The van der Waals surface area contributed by atoms with Crippen molar-refractivity contribution in [1.29, 1.82) is 0 Å². The van der Waals surface area contributed by atoms with Gasteiger partial charge in [0.1, 0.15) is 0 Å². The van der Waals surface area contributed by atoms with E-state index in [9.17, 15) is 14.7 Å². The summed E-state index contributed by atoms with van der Waals surface area (Å²) in [4.78, 5) is 31.8. The largest absolute Gasteiger partial charge is 0.481 e. The van der Waals surface area contributed by atoms with Gasteiger partial charge in [-0.1, -0.05) is 6.92 Å². The molecular weight excluding hydrogens is 368 g/mol. The third-order valence-electron chi connectivity index (χ3n) is 5.99. The van der Waals surface area contributed by atoms with E-state index in [0.717, 1.165) is 35.3 Å². The van der Waals surface area contributed by atoms with Gasteiger partial charge in [0, 0.05) is 24.7 Å². The van der Waals surface area contributed by atoms with Crippen LogP contribution in [0.25, 0.3) is 11.0 Å². The van der Waals surface area contributed by atoms with Crippen LogP contribution in [0.1, 0.15) is 74.6 Å². The number of amides is 1. The summed E-state index contributed by atoms with van der Waals surface area (Å²) in [6.07, 6.45) is 2.80. The summed E-state index contributed by atoms with van der Waals surface area (Å²) >= 11 is 0. The minimum Gasteiger partial charge on any atom is -0.481 e. The molecule has 0 radical (unpaired) electrons. The molecule has 1 aliphatic heterocycles.